The molecule has 3 rings (SSSR count). The van der Waals surface area contributed by atoms with E-state index in [9.17, 15) is 5.11 Å². The first-order chi connectivity index (χ1) is 10.3. The minimum absolute atomic E-state index is 0.0447. The summed E-state index contributed by atoms with van der Waals surface area (Å²) in [5.41, 5.74) is 1.10. The van der Waals surface area contributed by atoms with Gasteiger partial charge in [0.15, 0.2) is 5.79 Å². The molecule has 2 atom stereocenters. The van der Waals surface area contributed by atoms with Crippen molar-refractivity contribution in [3.63, 3.8) is 0 Å². The zero-order valence-corrected chi connectivity index (χ0v) is 12.4. The Balaban J connectivity index is 1.54. The molecule has 4 nitrogen and oxygen atoms in total. The Morgan fingerprint density at radius 2 is 1.95 bits per heavy atom. The Kier molecular flexibility index (Phi) is 4.91. The van der Waals surface area contributed by atoms with Gasteiger partial charge in [-0.2, -0.15) is 0 Å². The minimum Gasteiger partial charge on any atom is -0.394 e. The molecular weight excluding hydrogens is 268 g/mol. The average Bonchev–Trinajstić information content (AvgIpc) is 2.93. The topological polar surface area (TPSA) is 47.9 Å². The fourth-order valence-corrected chi connectivity index (χ4v) is 3.17. The second-order valence-electron chi connectivity index (χ2n) is 5.96. The van der Waals surface area contributed by atoms with Gasteiger partial charge < -0.3 is 19.3 Å². The molecule has 4 heteroatoms. The smallest absolute Gasteiger partial charge is 0.169 e. The van der Waals surface area contributed by atoms with Crippen LogP contribution in [0.25, 0.3) is 0 Å². The normalized spacial score (nSPS) is 26.0. The van der Waals surface area contributed by atoms with Crippen LogP contribution in [0.3, 0.4) is 0 Å². The molecule has 2 fully saturated rings. The highest BCUT2D eigenvalue weighted by Gasteiger charge is 2.44. The quantitative estimate of drug-likeness (QED) is 0.906. The number of hydrogen-bond donors (Lipinski definition) is 1. The molecule has 0 aromatic heterocycles. The summed E-state index contributed by atoms with van der Waals surface area (Å²) in [4.78, 5) is 0. The third-order valence-corrected chi connectivity index (χ3v) is 4.39. The highest BCUT2D eigenvalue weighted by molar-refractivity contribution is 5.13. The summed E-state index contributed by atoms with van der Waals surface area (Å²) in [7, 11) is 0. The van der Waals surface area contributed by atoms with Crippen LogP contribution >= 0.6 is 0 Å². The molecule has 116 valence electrons. The molecule has 21 heavy (non-hydrogen) atoms. The number of benzene rings is 1. The first kappa shape index (κ1) is 15.0. The van der Waals surface area contributed by atoms with Crippen LogP contribution in [0, 0.1) is 0 Å². The molecule has 0 bridgehead atoms. The van der Waals surface area contributed by atoms with Gasteiger partial charge in [-0.15, -0.1) is 0 Å². The van der Waals surface area contributed by atoms with Crippen LogP contribution < -0.4 is 0 Å². The first-order valence-electron chi connectivity index (χ1n) is 7.89. The van der Waals surface area contributed by atoms with E-state index >= 15 is 0 Å². The van der Waals surface area contributed by atoms with Gasteiger partial charge in [0, 0.05) is 12.8 Å². The lowest BCUT2D eigenvalue weighted by Gasteiger charge is -2.32. The largest absolute Gasteiger partial charge is 0.394 e. The molecule has 1 aromatic carbocycles. The molecule has 1 aliphatic carbocycles. The van der Waals surface area contributed by atoms with Crippen molar-refractivity contribution in [1.82, 2.24) is 0 Å². The lowest BCUT2D eigenvalue weighted by Crippen LogP contribution is -2.38. The second-order valence-corrected chi connectivity index (χ2v) is 5.96. The van der Waals surface area contributed by atoms with Crippen molar-refractivity contribution in [1.29, 1.82) is 0 Å². The van der Waals surface area contributed by atoms with Crippen LogP contribution in [-0.2, 0) is 20.8 Å². The Morgan fingerprint density at radius 3 is 2.67 bits per heavy atom. The molecule has 1 spiro atoms. The molecule has 0 amide bonds. The highest BCUT2D eigenvalue weighted by atomic mass is 16.8. The third kappa shape index (κ3) is 3.64. The molecule has 1 saturated heterocycles. The maximum absolute atomic E-state index is 9.59. The summed E-state index contributed by atoms with van der Waals surface area (Å²) in [5.74, 6) is -0.410. The van der Waals surface area contributed by atoms with Gasteiger partial charge in [-0.1, -0.05) is 36.8 Å². The third-order valence-electron chi connectivity index (χ3n) is 4.39. The fourth-order valence-electron chi connectivity index (χ4n) is 3.17. The molecule has 1 heterocycles. The van der Waals surface area contributed by atoms with E-state index in [2.05, 4.69) is 0 Å². The van der Waals surface area contributed by atoms with E-state index in [1.165, 1.54) is 6.42 Å². The molecule has 1 aliphatic heterocycles. The Labute approximate surface area is 126 Å². The van der Waals surface area contributed by atoms with E-state index in [1.807, 2.05) is 30.3 Å². The van der Waals surface area contributed by atoms with E-state index in [4.69, 9.17) is 14.2 Å². The first-order valence-corrected chi connectivity index (χ1v) is 7.89. The van der Waals surface area contributed by atoms with Crippen molar-refractivity contribution in [3.8, 4) is 0 Å². The van der Waals surface area contributed by atoms with Crippen LogP contribution in [-0.4, -0.2) is 36.3 Å². The molecule has 0 radical (unpaired) electrons. The Morgan fingerprint density at radius 1 is 1.19 bits per heavy atom. The van der Waals surface area contributed by atoms with Gasteiger partial charge >= 0.3 is 0 Å². The van der Waals surface area contributed by atoms with Crippen molar-refractivity contribution < 1.29 is 19.3 Å². The van der Waals surface area contributed by atoms with E-state index in [0.717, 1.165) is 31.2 Å². The molecular formula is C17H24O4. The number of aliphatic hydroxyl groups excluding tert-OH is 1. The van der Waals surface area contributed by atoms with Crippen LogP contribution in [0.2, 0.25) is 0 Å². The molecule has 2 aliphatic rings. The maximum atomic E-state index is 9.59. The zero-order valence-electron chi connectivity index (χ0n) is 12.4. The van der Waals surface area contributed by atoms with Crippen LogP contribution in [0.15, 0.2) is 30.3 Å². The minimum atomic E-state index is -0.410. The lowest BCUT2D eigenvalue weighted by molar-refractivity contribution is -0.201. The molecule has 1 saturated carbocycles. The Bertz CT molecular complexity index is 428. The molecule has 0 unspecified atom stereocenters. The SMILES string of the molecule is OC[C@H](OCc1ccccc1)[C@@H]1COC2(CCCCC2)O1. The van der Waals surface area contributed by atoms with Crippen molar-refractivity contribution in [3.05, 3.63) is 35.9 Å². The monoisotopic (exact) mass is 292 g/mol. The maximum Gasteiger partial charge on any atom is 0.169 e. The van der Waals surface area contributed by atoms with Gasteiger partial charge in [0.1, 0.15) is 12.2 Å². The zero-order chi connectivity index (χ0) is 14.5. The number of aliphatic hydroxyl groups is 1. The van der Waals surface area contributed by atoms with E-state index < -0.39 is 5.79 Å². The van der Waals surface area contributed by atoms with E-state index in [1.54, 1.807) is 0 Å². The van der Waals surface area contributed by atoms with E-state index in [0.29, 0.717) is 13.2 Å². The van der Waals surface area contributed by atoms with Gasteiger partial charge in [0.2, 0.25) is 0 Å². The highest BCUT2D eigenvalue weighted by Crippen LogP contribution is 2.38. The predicted molar refractivity (Wildman–Crippen MR) is 78.7 cm³/mol. The Hall–Kier alpha value is -0.940. The summed E-state index contributed by atoms with van der Waals surface area (Å²) < 4.78 is 17.9. The average molecular weight is 292 g/mol. The van der Waals surface area contributed by atoms with Gasteiger partial charge in [0.25, 0.3) is 0 Å². The molecule has 1 aromatic rings. The summed E-state index contributed by atoms with van der Waals surface area (Å²) >= 11 is 0. The van der Waals surface area contributed by atoms with E-state index in [-0.39, 0.29) is 18.8 Å². The van der Waals surface area contributed by atoms with Crippen LogP contribution in [0.1, 0.15) is 37.7 Å². The number of ether oxygens (including phenoxy) is 3. The summed E-state index contributed by atoms with van der Waals surface area (Å²) in [5, 5.41) is 9.59. The van der Waals surface area contributed by atoms with Gasteiger partial charge in [0.05, 0.1) is 19.8 Å². The van der Waals surface area contributed by atoms with Crippen LogP contribution in [0.4, 0.5) is 0 Å². The number of rotatable bonds is 5. The van der Waals surface area contributed by atoms with Crippen molar-refractivity contribution in [2.24, 2.45) is 0 Å². The summed E-state index contributed by atoms with van der Waals surface area (Å²) in [6, 6.07) is 9.98. The van der Waals surface area contributed by atoms with Gasteiger partial charge in [-0.25, -0.2) is 0 Å². The number of hydrogen-bond acceptors (Lipinski definition) is 4. The second kappa shape index (κ2) is 6.88. The van der Waals surface area contributed by atoms with Gasteiger partial charge in [-0.3, -0.25) is 0 Å². The summed E-state index contributed by atoms with van der Waals surface area (Å²) in [6.07, 6.45) is 4.99. The van der Waals surface area contributed by atoms with Crippen LogP contribution in [0.5, 0.6) is 0 Å². The summed E-state index contributed by atoms with van der Waals surface area (Å²) in [6.45, 7) is 0.954. The molecule has 1 N–H and O–H groups in total. The van der Waals surface area contributed by atoms with Crippen molar-refractivity contribution in [2.75, 3.05) is 13.2 Å². The standard InChI is InChI=1S/C17H24O4/c18-11-15(19-12-14-7-3-1-4-8-14)16-13-20-17(21-16)9-5-2-6-10-17/h1,3-4,7-8,15-16,18H,2,5-6,9-13H2/t15-,16-/m0/s1. The van der Waals surface area contributed by atoms with Crippen molar-refractivity contribution >= 4 is 0 Å². The predicted octanol–water partition coefficient (Wildman–Crippen LogP) is 2.64. The van der Waals surface area contributed by atoms with Gasteiger partial charge in [-0.05, 0) is 18.4 Å². The lowest BCUT2D eigenvalue weighted by atomic mass is 9.94. The van der Waals surface area contributed by atoms with Crippen molar-refractivity contribution in [2.45, 2.75) is 56.7 Å². The fraction of sp³-hybridized carbons (Fsp3) is 0.647.